The molecule has 0 bridgehead atoms. The van der Waals surface area contributed by atoms with Gasteiger partial charge in [0.25, 0.3) is 5.69 Å². The first-order chi connectivity index (χ1) is 16.2. The van der Waals surface area contributed by atoms with E-state index in [1.807, 2.05) is 0 Å². The lowest BCUT2D eigenvalue weighted by Crippen LogP contribution is -2.14. The van der Waals surface area contributed by atoms with Crippen molar-refractivity contribution in [3.8, 4) is 17.0 Å². The molecule has 9 nitrogen and oxygen atoms in total. The Balaban J connectivity index is 1.77. The molecule has 0 aliphatic rings. The van der Waals surface area contributed by atoms with Crippen molar-refractivity contribution < 1.29 is 32.4 Å². The van der Waals surface area contributed by atoms with Gasteiger partial charge in [-0.05, 0) is 24.3 Å². The van der Waals surface area contributed by atoms with E-state index in [4.69, 9.17) is 9.47 Å². The third-order valence-corrected chi connectivity index (χ3v) is 4.91. The molecule has 0 atom stereocenters. The van der Waals surface area contributed by atoms with E-state index in [0.717, 1.165) is 12.3 Å². The number of benzene rings is 2. The molecule has 2 aromatic carbocycles. The summed E-state index contributed by atoms with van der Waals surface area (Å²) in [6.45, 7) is -0.467. The van der Waals surface area contributed by atoms with Gasteiger partial charge < -0.3 is 9.47 Å². The van der Waals surface area contributed by atoms with Crippen LogP contribution in [-0.2, 0) is 17.5 Å². The minimum atomic E-state index is -4.81. The number of nitro groups is 1. The van der Waals surface area contributed by atoms with Crippen LogP contribution in [0.1, 0.15) is 21.6 Å². The molecule has 2 heterocycles. The number of fused-ring (bicyclic) bond motifs is 1. The van der Waals surface area contributed by atoms with Crippen molar-refractivity contribution in [1.82, 2.24) is 14.6 Å². The van der Waals surface area contributed by atoms with Gasteiger partial charge in [-0.3, -0.25) is 10.1 Å². The van der Waals surface area contributed by atoms with Crippen molar-refractivity contribution in [2.45, 2.75) is 12.8 Å². The van der Waals surface area contributed by atoms with Crippen LogP contribution < -0.4 is 4.74 Å². The quantitative estimate of drug-likeness (QED) is 0.228. The molecule has 0 radical (unpaired) electrons. The lowest BCUT2D eigenvalue weighted by Gasteiger charge is -2.13. The van der Waals surface area contributed by atoms with E-state index in [-0.39, 0.29) is 39.5 Å². The maximum Gasteiger partial charge on any atom is 0.433 e. The number of esters is 1. The number of nitrogens with zero attached hydrogens (tertiary/aromatic N) is 4. The van der Waals surface area contributed by atoms with Crippen LogP contribution in [-0.4, -0.2) is 32.6 Å². The number of rotatable bonds is 6. The zero-order chi connectivity index (χ0) is 24.5. The molecule has 0 saturated carbocycles. The van der Waals surface area contributed by atoms with Crippen molar-refractivity contribution in [3.63, 3.8) is 0 Å². The standard InChI is InChI=1S/C22H15F3N4O5/c1-33-18-9-5-3-7-14(18)16-10-19(22(23,24)25)28-20(27-16)15(11-26-28)21(30)34-12-13-6-2-4-8-17(13)29(31)32/h2-11H,12H2,1H3. The zero-order valence-electron chi connectivity index (χ0n) is 17.4. The molecule has 0 spiro atoms. The van der Waals surface area contributed by atoms with Crippen molar-refractivity contribution in [2.75, 3.05) is 7.11 Å². The highest BCUT2D eigenvalue weighted by atomic mass is 19.4. The normalized spacial score (nSPS) is 11.4. The predicted molar refractivity (Wildman–Crippen MR) is 112 cm³/mol. The Morgan fingerprint density at radius 3 is 2.56 bits per heavy atom. The summed E-state index contributed by atoms with van der Waals surface area (Å²) in [6, 6.07) is 12.8. The number of nitro benzene ring substituents is 1. The summed E-state index contributed by atoms with van der Waals surface area (Å²) >= 11 is 0. The fourth-order valence-electron chi connectivity index (χ4n) is 3.34. The van der Waals surface area contributed by atoms with Gasteiger partial charge in [0.1, 0.15) is 17.9 Å². The summed E-state index contributed by atoms with van der Waals surface area (Å²) in [5.41, 5.74) is -1.83. The highest BCUT2D eigenvalue weighted by Crippen LogP contribution is 2.35. The van der Waals surface area contributed by atoms with Gasteiger partial charge in [-0.25, -0.2) is 14.3 Å². The number of halogens is 3. The molecular formula is C22H15F3N4O5. The second-order valence-corrected chi connectivity index (χ2v) is 6.98. The Morgan fingerprint density at radius 2 is 1.85 bits per heavy atom. The number of carbonyl (C=O) groups is 1. The lowest BCUT2D eigenvalue weighted by molar-refractivity contribution is -0.385. The first-order valence-electron chi connectivity index (χ1n) is 9.69. The second-order valence-electron chi connectivity index (χ2n) is 6.98. The topological polar surface area (TPSA) is 109 Å². The third kappa shape index (κ3) is 4.25. The molecule has 0 amide bonds. The number of ether oxygens (including phenoxy) is 2. The average Bonchev–Trinajstić information content (AvgIpc) is 3.25. The zero-order valence-corrected chi connectivity index (χ0v) is 17.4. The van der Waals surface area contributed by atoms with Crippen molar-refractivity contribution >= 4 is 17.3 Å². The van der Waals surface area contributed by atoms with Gasteiger partial charge in [0.2, 0.25) is 0 Å². The highest BCUT2D eigenvalue weighted by Gasteiger charge is 2.36. The van der Waals surface area contributed by atoms with Crippen LogP contribution >= 0.6 is 0 Å². The minimum Gasteiger partial charge on any atom is -0.496 e. The van der Waals surface area contributed by atoms with Crippen LogP contribution in [0, 0.1) is 10.1 Å². The van der Waals surface area contributed by atoms with Crippen LogP contribution in [0.5, 0.6) is 5.75 Å². The molecule has 34 heavy (non-hydrogen) atoms. The van der Waals surface area contributed by atoms with E-state index in [1.54, 1.807) is 18.2 Å². The van der Waals surface area contributed by atoms with Crippen molar-refractivity contribution in [2.24, 2.45) is 0 Å². The molecule has 2 aromatic heterocycles. The predicted octanol–water partition coefficient (Wildman–Crippen LogP) is 4.69. The van der Waals surface area contributed by atoms with Crippen LogP contribution in [0.2, 0.25) is 0 Å². The Morgan fingerprint density at radius 1 is 1.15 bits per heavy atom. The number of hydrogen-bond donors (Lipinski definition) is 0. The minimum absolute atomic E-state index is 0.0921. The molecule has 0 aliphatic carbocycles. The summed E-state index contributed by atoms with van der Waals surface area (Å²) in [5.74, 6) is -0.751. The maximum atomic E-state index is 13.8. The van der Waals surface area contributed by atoms with Gasteiger partial charge in [-0.1, -0.05) is 24.3 Å². The number of para-hydroxylation sites is 2. The SMILES string of the molecule is COc1ccccc1-c1cc(C(F)(F)F)n2ncc(C(=O)OCc3ccccc3[N+](=O)[O-])c2n1. The van der Waals surface area contributed by atoms with Crippen molar-refractivity contribution in [1.29, 1.82) is 0 Å². The molecule has 174 valence electrons. The molecular weight excluding hydrogens is 457 g/mol. The molecule has 4 aromatic rings. The number of hydrogen-bond acceptors (Lipinski definition) is 7. The number of methoxy groups -OCH3 is 1. The van der Waals surface area contributed by atoms with Crippen LogP contribution in [0.3, 0.4) is 0 Å². The van der Waals surface area contributed by atoms with Crippen molar-refractivity contribution in [3.05, 3.63) is 87.7 Å². The Labute approximate surface area is 189 Å². The first-order valence-corrected chi connectivity index (χ1v) is 9.69. The Kier molecular flexibility index (Phi) is 5.88. The first kappa shape index (κ1) is 22.7. The molecule has 0 N–H and O–H groups in total. The van der Waals surface area contributed by atoms with E-state index in [0.29, 0.717) is 4.52 Å². The third-order valence-electron chi connectivity index (χ3n) is 4.91. The Hall–Kier alpha value is -4.48. The summed E-state index contributed by atoms with van der Waals surface area (Å²) in [7, 11) is 1.37. The van der Waals surface area contributed by atoms with E-state index < -0.39 is 29.4 Å². The fraction of sp³-hybridized carbons (Fsp3) is 0.136. The summed E-state index contributed by atoms with van der Waals surface area (Å²) in [6.07, 6.45) is -3.90. The largest absolute Gasteiger partial charge is 0.496 e. The smallest absolute Gasteiger partial charge is 0.433 e. The molecule has 0 fully saturated rings. The maximum absolute atomic E-state index is 13.8. The molecule has 0 saturated heterocycles. The fourth-order valence-corrected chi connectivity index (χ4v) is 3.34. The Bertz CT molecular complexity index is 1400. The number of aromatic nitrogens is 3. The van der Waals surface area contributed by atoms with Crippen LogP contribution in [0.4, 0.5) is 18.9 Å². The lowest BCUT2D eigenvalue weighted by atomic mass is 10.1. The summed E-state index contributed by atoms with van der Waals surface area (Å²) < 4.78 is 52.3. The number of carbonyl (C=O) groups excluding carboxylic acids is 1. The number of alkyl halides is 3. The van der Waals surface area contributed by atoms with E-state index >= 15 is 0 Å². The van der Waals surface area contributed by atoms with Gasteiger partial charge in [0, 0.05) is 11.6 Å². The van der Waals surface area contributed by atoms with Crippen LogP contribution in [0.25, 0.3) is 16.9 Å². The monoisotopic (exact) mass is 472 g/mol. The highest BCUT2D eigenvalue weighted by molar-refractivity contribution is 5.96. The van der Waals surface area contributed by atoms with Gasteiger partial charge in [0.15, 0.2) is 11.3 Å². The molecule has 0 aliphatic heterocycles. The van der Waals surface area contributed by atoms with Gasteiger partial charge in [-0.15, -0.1) is 0 Å². The van der Waals surface area contributed by atoms with E-state index in [2.05, 4.69) is 10.1 Å². The van der Waals surface area contributed by atoms with E-state index in [9.17, 15) is 28.1 Å². The molecule has 0 unspecified atom stereocenters. The summed E-state index contributed by atoms with van der Waals surface area (Å²) in [4.78, 5) is 27.5. The molecule has 12 heteroatoms. The van der Waals surface area contributed by atoms with Gasteiger partial charge in [-0.2, -0.15) is 18.3 Å². The van der Waals surface area contributed by atoms with Gasteiger partial charge in [0.05, 0.1) is 29.5 Å². The van der Waals surface area contributed by atoms with E-state index in [1.165, 1.54) is 37.4 Å². The average molecular weight is 472 g/mol. The molecule has 4 rings (SSSR count). The summed E-state index contributed by atoms with van der Waals surface area (Å²) in [5, 5.41) is 14.8. The second kappa shape index (κ2) is 8.81. The van der Waals surface area contributed by atoms with Gasteiger partial charge >= 0.3 is 12.1 Å². The van der Waals surface area contributed by atoms with Crippen LogP contribution in [0.15, 0.2) is 60.8 Å².